The maximum Gasteiger partial charge on any atom is 0.319 e. The summed E-state index contributed by atoms with van der Waals surface area (Å²) in [6, 6.07) is 5.95. The lowest BCUT2D eigenvalue weighted by Crippen LogP contribution is -2.46. The molecule has 2 unspecified atom stereocenters. The van der Waals surface area contributed by atoms with Gasteiger partial charge in [0.05, 0.1) is 13.2 Å². The second kappa shape index (κ2) is 4.49. The van der Waals surface area contributed by atoms with Gasteiger partial charge in [0.25, 0.3) is 0 Å². The van der Waals surface area contributed by atoms with E-state index in [1.54, 1.807) is 7.11 Å². The van der Waals surface area contributed by atoms with Crippen LogP contribution in [0.2, 0.25) is 0 Å². The average Bonchev–Trinajstić information content (AvgIpc) is 2.91. The third-order valence-electron chi connectivity index (χ3n) is 3.63. The van der Waals surface area contributed by atoms with Crippen molar-refractivity contribution in [1.82, 2.24) is 10.6 Å². The normalized spacial score (nSPS) is 26.2. The summed E-state index contributed by atoms with van der Waals surface area (Å²) in [5.74, 6) is 0.815. The van der Waals surface area contributed by atoms with Crippen molar-refractivity contribution in [2.24, 2.45) is 0 Å². The Morgan fingerprint density at radius 2 is 2.28 bits per heavy atom. The summed E-state index contributed by atoms with van der Waals surface area (Å²) in [6.45, 7) is 1.02. The van der Waals surface area contributed by atoms with Crippen molar-refractivity contribution in [3.05, 3.63) is 23.8 Å². The molecule has 5 nitrogen and oxygen atoms in total. The summed E-state index contributed by atoms with van der Waals surface area (Å²) in [6.07, 6.45) is 2.24. The van der Waals surface area contributed by atoms with Crippen LogP contribution in [0.15, 0.2) is 18.2 Å². The molecule has 1 aromatic carbocycles. The van der Waals surface area contributed by atoms with E-state index >= 15 is 0 Å². The van der Waals surface area contributed by atoms with E-state index in [1.807, 2.05) is 18.2 Å². The van der Waals surface area contributed by atoms with Gasteiger partial charge in [0.2, 0.25) is 0 Å². The van der Waals surface area contributed by atoms with E-state index in [9.17, 15) is 4.79 Å². The molecule has 2 aliphatic rings. The number of ether oxygens (including phenoxy) is 1. The molecule has 0 radical (unpaired) electrons. The van der Waals surface area contributed by atoms with E-state index in [0.717, 1.165) is 36.4 Å². The Morgan fingerprint density at radius 1 is 1.39 bits per heavy atom. The number of benzene rings is 1. The summed E-state index contributed by atoms with van der Waals surface area (Å²) in [5.41, 5.74) is 1.96. The first-order valence-electron chi connectivity index (χ1n) is 6.27. The van der Waals surface area contributed by atoms with Gasteiger partial charge in [-0.15, -0.1) is 0 Å². The Balaban J connectivity index is 1.98. The van der Waals surface area contributed by atoms with Crippen LogP contribution in [0.3, 0.4) is 0 Å². The highest BCUT2D eigenvalue weighted by atomic mass is 16.5. The zero-order valence-corrected chi connectivity index (χ0v) is 10.3. The van der Waals surface area contributed by atoms with Crippen LogP contribution in [0.5, 0.6) is 5.75 Å². The predicted molar refractivity (Wildman–Crippen MR) is 68.9 cm³/mol. The molecule has 18 heavy (non-hydrogen) atoms. The fourth-order valence-electron chi connectivity index (χ4n) is 2.73. The fourth-order valence-corrected chi connectivity index (χ4v) is 2.73. The van der Waals surface area contributed by atoms with Gasteiger partial charge in [0.15, 0.2) is 0 Å². The summed E-state index contributed by atoms with van der Waals surface area (Å²) in [5, 5.41) is 9.27. The number of carbonyl (C=O) groups excluding carboxylic acids is 1. The van der Waals surface area contributed by atoms with Crippen LogP contribution >= 0.6 is 0 Å². The van der Waals surface area contributed by atoms with Crippen molar-refractivity contribution in [2.75, 3.05) is 19.0 Å². The van der Waals surface area contributed by atoms with Crippen LogP contribution < -0.4 is 20.7 Å². The summed E-state index contributed by atoms with van der Waals surface area (Å²) in [7, 11) is 1.65. The molecule has 2 atom stereocenters. The largest absolute Gasteiger partial charge is 0.497 e. The number of nitrogens with one attached hydrogen (secondary N) is 3. The predicted octanol–water partition coefficient (Wildman–Crippen LogP) is 1.62. The maximum atomic E-state index is 11.7. The number of fused-ring (bicyclic) bond motifs is 1. The number of hydrogen-bond donors (Lipinski definition) is 3. The Labute approximate surface area is 106 Å². The molecular formula is C13H17N3O2. The van der Waals surface area contributed by atoms with E-state index in [-0.39, 0.29) is 12.1 Å². The van der Waals surface area contributed by atoms with E-state index in [0.29, 0.717) is 6.04 Å². The highest BCUT2D eigenvalue weighted by Crippen LogP contribution is 2.34. The van der Waals surface area contributed by atoms with Gasteiger partial charge in [-0.3, -0.25) is 0 Å². The number of carbonyl (C=O) groups is 1. The summed E-state index contributed by atoms with van der Waals surface area (Å²) >= 11 is 0. The Morgan fingerprint density at radius 3 is 3.00 bits per heavy atom. The SMILES string of the molecule is COc1ccc2c(c1)C(C1CCCN1)NC(=O)N2. The molecule has 2 aliphatic heterocycles. The van der Waals surface area contributed by atoms with Crippen molar-refractivity contribution in [2.45, 2.75) is 24.9 Å². The van der Waals surface area contributed by atoms with Gasteiger partial charge < -0.3 is 20.7 Å². The number of rotatable bonds is 2. The van der Waals surface area contributed by atoms with E-state index in [2.05, 4.69) is 16.0 Å². The van der Waals surface area contributed by atoms with Gasteiger partial charge in [-0.1, -0.05) is 0 Å². The molecule has 0 aromatic heterocycles. The molecule has 2 amide bonds. The van der Waals surface area contributed by atoms with Crippen LogP contribution in [-0.4, -0.2) is 25.7 Å². The smallest absolute Gasteiger partial charge is 0.319 e. The first-order chi connectivity index (χ1) is 8.78. The Hall–Kier alpha value is -1.75. The van der Waals surface area contributed by atoms with Gasteiger partial charge in [-0.25, -0.2) is 4.79 Å². The van der Waals surface area contributed by atoms with Gasteiger partial charge >= 0.3 is 6.03 Å². The second-order valence-electron chi connectivity index (χ2n) is 4.73. The lowest BCUT2D eigenvalue weighted by molar-refractivity contribution is 0.243. The molecular weight excluding hydrogens is 230 g/mol. The molecule has 0 aliphatic carbocycles. The van der Waals surface area contributed by atoms with Crippen LogP contribution in [-0.2, 0) is 0 Å². The zero-order valence-electron chi connectivity index (χ0n) is 10.3. The Kier molecular flexibility index (Phi) is 2.83. The molecule has 1 aromatic rings. The van der Waals surface area contributed by atoms with E-state index in [1.165, 1.54) is 0 Å². The molecule has 5 heteroatoms. The van der Waals surface area contributed by atoms with Crippen LogP contribution in [0, 0.1) is 0 Å². The minimum absolute atomic E-state index is 0.0198. The van der Waals surface area contributed by atoms with Gasteiger partial charge in [-0.05, 0) is 37.6 Å². The minimum atomic E-state index is -0.133. The molecule has 2 heterocycles. The van der Waals surface area contributed by atoms with Crippen molar-refractivity contribution in [3.8, 4) is 5.75 Å². The van der Waals surface area contributed by atoms with Crippen LogP contribution in [0.25, 0.3) is 0 Å². The third-order valence-corrected chi connectivity index (χ3v) is 3.63. The highest BCUT2D eigenvalue weighted by molar-refractivity contribution is 5.93. The standard InChI is InChI=1S/C13H17N3O2/c1-18-8-4-5-10-9(7-8)12(16-13(17)15-10)11-3-2-6-14-11/h4-5,7,11-12,14H,2-3,6H2,1H3,(H2,15,16,17). The summed E-state index contributed by atoms with van der Waals surface area (Å²) in [4.78, 5) is 11.7. The third kappa shape index (κ3) is 1.90. The highest BCUT2D eigenvalue weighted by Gasteiger charge is 2.32. The van der Waals surface area contributed by atoms with Crippen LogP contribution in [0.1, 0.15) is 24.4 Å². The molecule has 3 N–H and O–H groups in total. The number of anilines is 1. The molecule has 0 saturated carbocycles. The molecule has 1 saturated heterocycles. The topological polar surface area (TPSA) is 62.4 Å². The quantitative estimate of drug-likeness (QED) is 0.744. The van der Waals surface area contributed by atoms with Crippen LogP contribution in [0.4, 0.5) is 10.5 Å². The molecule has 0 bridgehead atoms. The first kappa shape index (κ1) is 11.3. The van der Waals surface area contributed by atoms with Gasteiger partial charge in [0.1, 0.15) is 5.75 Å². The van der Waals surface area contributed by atoms with Crippen molar-refractivity contribution >= 4 is 11.7 Å². The molecule has 96 valence electrons. The maximum absolute atomic E-state index is 11.7. The zero-order chi connectivity index (χ0) is 12.5. The van der Waals surface area contributed by atoms with E-state index < -0.39 is 0 Å². The number of hydrogen-bond acceptors (Lipinski definition) is 3. The van der Waals surface area contributed by atoms with Gasteiger partial charge in [-0.2, -0.15) is 0 Å². The monoisotopic (exact) mass is 247 g/mol. The molecule has 0 spiro atoms. The second-order valence-corrected chi connectivity index (χ2v) is 4.73. The van der Waals surface area contributed by atoms with Crippen molar-refractivity contribution < 1.29 is 9.53 Å². The van der Waals surface area contributed by atoms with Crippen molar-refractivity contribution in [3.63, 3.8) is 0 Å². The first-order valence-corrected chi connectivity index (χ1v) is 6.27. The lowest BCUT2D eigenvalue weighted by atomic mass is 9.95. The van der Waals surface area contributed by atoms with Crippen molar-refractivity contribution in [1.29, 1.82) is 0 Å². The number of amides is 2. The molecule has 3 rings (SSSR count). The number of methoxy groups -OCH3 is 1. The fraction of sp³-hybridized carbons (Fsp3) is 0.462. The number of urea groups is 1. The van der Waals surface area contributed by atoms with E-state index in [4.69, 9.17) is 4.74 Å². The summed E-state index contributed by atoms with van der Waals surface area (Å²) < 4.78 is 5.26. The average molecular weight is 247 g/mol. The Bertz CT molecular complexity index is 469. The lowest BCUT2D eigenvalue weighted by Gasteiger charge is -2.31. The molecule has 1 fully saturated rings. The van der Waals surface area contributed by atoms with Gasteiger partial charge in [0, 0.05) is 17.3 Å². The minimum Gasteiger partial charge on any atom is -0.497 e.